The highest BCUT2D eigenvalue weighted by atomic mass is 16.2. The number of nitrogens with one attached hydrogen (secondary N) is 2. The number of amides is 1. The summed E-state index contributed by atoms with van der Waals surface area (Å²) in [6.45, 7) is 9.82. The molecule has 1 amide bonds. The minimum atomic E-state index is 0.0881. The highest BCUT2D eigenvalue weighted by molar-refractivity contribution is 6.01. The first-order valence-electron chi connectivity index (χ1n) is 13.6. The van der Waals surface area contributed by atoms with Crippen LogP contribution >= 0.6 is 0 Å². The quantitative estimate of drug-likeness (QED) is 0.311. The first kappa shape index (κ1) is 25.8. The van der Waals surface area contributed by atoms with Crippen molar-refractivity contribution in [1.29, 1.82) is 0 Å². The molecule has 0 saturated carbocycles. The van der Waals surface area contributed by atoms with Gasteiger partial charge in [-0.15, -0.1) is 0 Å². The SMILES string of the molecule is CC(C)(C)CNc1ccccc1-n1ccc(C(=O)N2CCNC[C@H]2Cc2ccccc2)c1-c1ccccc1. The van der Waals surface area contributed by atoms with Crippen LogP contribution in [0.2, 0.25) is 0 Å². The lowest BCUT2D eigenvalue weighted by Crippen LogP contribution is -2.54. The molecule has 0 spiro atoms. The van der Waals surface area contributed by atoms with E-state index < -0.39 is 0 Å². The van der Waals surface area contributed by atoms with Gasteiger partial charge in [-0.1, -0.05) is 93.6 Å². The lowest BCUT2D eigenvalue weighted by molar-refractivity contribution is 0.0637. The van der Waals surface area contributed by atoms with Crippen LogP contribution in [0.4, 0.5) is 5.69 Å². The number of nitrogens with zero attached hydrogens (tertiary/aromatic N) is 2. The largest absolute Gasteiger partial charge is 0.383 e. The van der Waals surface area contributed by atoms with Gasteiger partial charge in [0.1, 0.15) is 0 Å². The van der Waals surface area contributed by atoms with Gasteiger partial charge in [-0.05, 0) is 41.2 Å². The molecule has 4 aromatic rings. The van der Waals surface area contributed by atoms with Crippen molar-refractivity contribution in [3.8, 4) is 16.9 Å². The summed E-state index contributed by atoms with van der Waals surface area (Å²) in [5, 5.41) is 7.14. The smallest absolute Gasteiger partial charge is 0.256 e. The van der Waals surface area contributed by atoms with Crippen LogP contribution in [0.1, 0.15) is 36.7 Å². The van der Waals surface area contributed by atoms with Gasteiger partial charge >= 0.3 is 0 Å². The molecule has 0 unspecified atom stereocenters. The molecule has 2 N–H and O–H groups in total. The number of carbonyl (C=O) groups excluding carboxylic acids is 1. The van der Waals surface area contributed by atoms with Gasteiger partial charge in [0.15, 0.2) is 0 Å². The molecule has 0 radical (unpaired) electrons. The van der Waals surface area contributed by atoms with E-state index in [1.807, 2.05) is 36.5 Å². The van der Waals surface area contributed by atoms with Gasteiger partial charge in [0, 0.05) is 38.4 Å². The summed E-state index contributed by atoms with van der Waals surface area (Å²) in [5.74, 6) is 0.0881. The van der Waals surface area contributed by atoms with Gasteiger partial charge in [-0.25, -0.2) is 0 Å². The van der Waals surface area contributed by atoms with Crippen molar-refractivity contribution in [3.63, 3.8) is 0 Å². The molecule has 5 heteroatoms. The van der Waals surface area contributed by atoms with Crippen LogP contribution in [-0.4, -0.2) is 47.6 Å². The monoisotopic (exact) mass is 506 g/mol. The minimum absolute atomic E-state index is 0.0881. The highest BCUT2D eigenvalue weighted by Crippen LogP contribution is 2.33. The van der Waals surface area contributed by atoms with Gasteiger partial charge in [0.2, 0.25) is 0 Å². The molecule has 1 aromatic heterocycles. The van der Waals surface area contributed by atoms with Crippen molar-refractivity contribution < 1.29 is 4.79 Å². The Morgan fingerprint density at radius 3 is 2.34 bits per heavy atom. The van der Waals surface area contributed by atoms with Crippen molar-refractivity contribution in [2.45, 2.75) is 33.2 Å². The van der Waals surface area contributed by atoms with Crippen LogP contribution in [0.5, 0.6) is 0 Å². The second-order valence-corrected chi connectivity index (χ2v) is 11.3. The Hall–Kier alpha value is -3.83. The van der Waals surface area contributed by atoms with Gasteiger partial charge in [0.05, 0.1) is 22.6 Å². The van der Waals surface area contributed by atoms with Crippen LogP contribution in [-0.2, 0) is 6.42 Å². The van der Waals surface area contributed by atoms with E-state index in [2.05, 4.69) is 102 Å². The predicted molar refractivity (Wildman–Crippen MR) is 157 cm³/mol. The summed E-state index contributed by atoms with van der Waals surface area (Å²) in [4.78, 5) is 16.3. The molecule has 2 heterocycles. The van der Waals surface area contributed by atoms with E-state index in [9.17, 15) is 4.79 Å². The van der Waals surface area contributed by atoms with E-state index >= 15 is 0 Å². The second kappa shape index (κ2) is 11.3. The average molecular weight is 507 g/mol. The molecule has 3 aromatic carbocycles. The fourth-order valence-electron chi connectivity index (χ4n) is 5.14. The summed E-state index contributed by atoms with van der Waals surface area (Å²) < 4.78 is 2.17. The number of carbonyl (C=O) groups is 1. The second-order valence-electron chi connectivity index (χ2n) is 11.3. The van der Waals surface area contributed by atoms with Crippen molar-refractivity contribution in [3.05, 3.63) is 108 Å². The molecule has 196 valence electrons. The maximum Gasteiger partial charge on any atom is 0.256 e. The molecule has 1 saturated heterocycles. The zero-order chi connectivity index (χ0) is 26.5. The molecule has 38 heavy (non-hydrogen) atoms. The van der Waals surface area contributed by atoms with E-state index in [4.69, 9.17) is 0 Å². The summed E-state index contributed by atoms with van der Waals surface area (Å²) >= 11 is 0. The van der Waals surface area contributed by atoms with Crippen LogP contribution < -0.4 is 10.6 Å². The number of benzene rings is 3. The van der Waals surface area contributed by atoms with Crippen molar-refractivity contribution in [1.82, 2.24) is 14.8 Å². The van der Waals surface area contributed by atoms with Gasteiger partial charge in [-0.3, -0.25) is 4.79 Å². The van der Waals surface area contributed by atoms with Gasteiger partial charge < -0.3 is 20.1 Å². The minimum Gasteiger partial charge on any atom is -0.383 e. The molecule has 1 aliphatic heterocycles. The number of para-hydroxylation sites is 2. The Morgan fingerprint density at radius 1 is 0.921 bits per heavy atom. The zero-order valence-corrected chi connectivity index (χ0v) is 22.7. The van der Waals surface area contributed by atoms with Crippen molar-refractivity contribution >= 4 is 11.6 Å². The predicted octanol–water partition coefficient (Wildman–Crippen LogP) is 6.26. The van der Waals surface area contributed by atoms with Crippen molar-refractivity contribution in [2.24, 2.45) is 5.41 Å². The number of aromatic nitrogens is 1. The van der Waals surface area contributed by atoms with E-state index in [0.29, 0.717) is 6.54 Å². The first-order valence-corrected chi connectivity index (χ1v) is 13.6. The number of hydrogen-bond acceptors (Lipinski definition) is 3. The third-order valence-electron chi connectivity index (χ3n) is 7.06. The number of piperazine rings is 1. The maximum absolute atomic E-state index is 14.3. The molecular formula is C33H38N4O. The fourth-order valence-corrected chi connectivity index (χ4v) is 5.14. The Labute approximate surface area is 226 Å². The Kier molecular flexibility index (Phi) is 7.66. The Balaban J connectivity index is 1.54. The summed E-state index contributed by atoms with van der Waals surface area (Å²) in [7, 11) is 0. The number of hydrogen-bond donors (Lipinski definition) is 2. The zero-order valence-electron chi connectivity index (χ0n) is 22.7. The van der Waals surface area contributed by atoms with Crippen LogP contribution in [0.15, 0.2) is 97.2 Å². The molecular weight excluding hydrogens is 468 g/mol. The van der Waals surface area contributed by atoms with E-state index in [0.717, 1.165) is 54.3 Å². The normalized spacial score (nSPS) is 15.9. The lowest BCUT2D eigenvalue weighted by atomic mass is 9.97. The maximum atomic E-state index is 14.3. The number of rotatable bonds is 7. The Bertz CT molecular complexity index is 1350. The summed E-state index contributed by atoms with van der Waals surface area (Å²) in [6.07, 6.45) is 2.88. The van der Waals surface area contributed by atoms with Crippen LogP contribution in [0.25, 0.3) is 16.9 Å². The summed E-state index contributed by atoms with van der Waals surface area (Å²) in [5.41, 5.74) is 6.18. The van der Waals surface area contributed by atoms with Gasteiger partial charge in [-0.2, -0.15) is 0 Å². The topological polar surface area (TPSA) is 49.3 Å². The fraction of sp³-hybridized carbons (Fsp3) is 0.303. The van der Waals surface area contributed by atoms with E-state index in [-0.39, 0.29) is 17.4 Å². The molecule has 1 atom stereocenters. The highest BCUT2D eigenvalue weighted by Gasteiger charge is 2.30. The standard InChI is InChI=1S/C33H38N4O/c1-33(2,3)24-35-29-16-10-11-17-30(29)37-20-18-28(31(37)26-14-8-5-9-15-26)32(38)36-21-19-34-23-27(36)22-25-12-6-4-7-13-25/h4-18,20,27,34-35H,19,21-24H2,1-3H3/t27-/m1/s1. The van der Waals surface area contributed by atoms with Gasteiger partial charge in [0.25, 0.3) is 5.91 Å². The number of anilines is 1. The van der Waals surface area contributed by atoms with E-state index in [1.54, 1.807) is 0 Å². The average Bonchev–Trinajstić information content (AvgIpc) is 3.38. The molecule has 1 aliphatic rings. The molecule has 5 rings (SSSR count). The third-order valence-corrected chi connectivity index (χ3v) is 7.06. The van der Waals surface area contributed by atoms with E-state index in [1.165, 1.54) is 5.56 Å². The lowest BCUT2D eigenvalue weighted by Gasteiger charge is -2.36. The first-order chi connectivity index (χ1) is 18.4. The van der Waals surface area contributed by atoms with Crippen LogP contribution in [0, 0.1) is 5.41 Å². The summed E-state index contributed by atoms with van der Waals surface area (Å²) in [6, 6.07) is 31.2. The molecule has 0 bridgehead atoms. The third kappa shape index (κ3) is 5.84. The van der Waals surface area contributed by atoms with Crippen molar-refractivity contribution in [2.75, 3.05) is 31.5 Å². The molecule has 0 aliphatic carbocycles. The Morgan fingerprint density at radius 2 is 1.61 bits per heavy atom. The molecule has 1 fully saturated rings. The molecule has 5 nitrogen and oxygen atoms in total. The van der Waals surface area contributed by atoms with Crippen LogP contribution in [0.3, 0.4) is 0 Å².